The van der Waals surface area contributed by atoms with Crippen molar-refractivity contribution in [2.24, 2.45) is 0 Å². The van der Waals surface area contributed by atoms with E-state index in [2.05, 4.69) is 18.3 Å². The molecule has 0 saturated heterocycles. The van der Waals surface area contributed by atoms with E-state index in [0.717, 1.165) is 42.0 Å². The predicted octanol–water partition coefficient (Wildman–Crippen LogP) is 3.63. The Balaban J connectivity index is 1.88. The molecular formula is C18H20N2O. The minimum absolute atomic E-state index is 0.0890. The lowest BCUT2D eigenvalue weighted by atomic mass is 10.1. The van der Waals surface area contributed by atoms with Crippen molar-refractivity contribution in [1.29, 1.82) is 0 Å². The Bertz CT molecular complexity index is 679. The van der Waals surface area contributed by atoms with Crippen LogP contribution in [0.4, 0.5) is 11.4 Å². The van der Waals surface area contributed by atoms with Gasteiger partial charge in [-0.05, 0) is 55.7 Å². The highest BCUT2D eigenvalue weighted by atomic mass is 16.2. The van der Waals surface area contributed by atoms with Crippen LogP contribution < -0.4 is 10.2 Å². The standard InChI is InChI=1S/C18H20N2O/c1-3-19-16-9-8-15(12-13(16)2)18(21)20-11-10-14-6-4-5-7-17(14)20/h4-9,12,19H,3,10-11H2,1-2H3. The van der Waals surface area contributed by atoms with Gasteiger partial charge in [0, 0.05) is 30.0 Å². The number of rotatable bonds is 3. The molecule has 1 N–H and O–H groups in total. The summed E-state index contributed by atoms with van der Waals surface area (Å²) in [7, 11) is 0. The number of benzene rings is 2. The molecule has 0 saturated carbocycles. The molecule has 1 amide bonds. The molecule has 3 rings (SSSR count). The van der Waals surface area contributed by atoms with Gasteiger partial charge in [0.2, 0.25) is 0 Å². The van der Waals surface area contributed by atoms with Crippen molar-refractivity contribution in [2.75, 3.05) is 23.3 Å². The van der Waals surface area contributed by atoms with Gasteiger partial charge in [0.25, 0.3) is 5.91 Å². The van der Waals surface area contributed by atoms with Gasteiger partial charge in [0.1, 0.15) is 0 Å². The molecule has 0 radical (unpaired) electrons. The van der Waals surface area contributed by atoms with E-state index in [1.165, 1.54) is 5.56 Å². The van der Waals surface area contributed by atoms with E-state index in [-0.39, 0.29) is 5.91 Å². The Kier molecular flexibility index (Phi) is 3.65. The zero-order valence-electron chi connectivity index (χ0n) is 12.5. The number of para-hydroxylation sites is 1. The maximum Gasteiger partial charge on any atom is 0.258 e. The van der Waals surface area contributed by atoms with Crippen molar-refractivity contribution in [1.82, 2.24) is 0 Å². The van der Waals surface area contributed by atoms with Crippen LogP contribution in [0.2, 0.25) is 0 Å². The smallest absolute Gasteiger partial charge is 0.258 e. The van der Waals surface area contributed by atoms with E-state index < -0.39 is 0 Å². The largest absolute Gasteiger partial charge is 0.385 e. The Morgan fingerprint density at radius 2 is 2.05 bits per heavy atom. The Morgan fingerprint density at radius 3 is 2.81 bits per heavy atom. The molecule has 3 nitrogen and oxygen atoms in total. The number of nitrogens with zero attached hydrogens (tertiary/aromatic N) is 1. The summed E-state index contributed by atoms with van der Waals surface area (Å²) in [6, 6.07) is 14.0. The van der Waals surface area contributed by atoms with Crippen LogP contribution in [0.1, 0.15) is 28.4 Å². The molecule has 0 atom stereocenters. The van der Waals surface area contributed by atoms with Crippen LogP contribution in [0, 0.1) is 6.92 Å². The molecule has 1 aliphatic heterocycles. The number of carbonyl (C=O) groups is 1. The van der Waals surface area contributed by atoms with Crippen LogP contribution in [0.25, 0.3) is 0 Å². The SMILES string of the molecule is CCNc1ccc(C(=O)N2CCc3ccccc32)cc1C. The summed E-state index contributed by atoms with van der Waals surface area (Å²) in [5.41, 5.74) is 5.26. The summed E-state index contributed by atoms with van der Waals surface area (Å²) in [6.07, 6.45) is 0.941. The number of anilines is 2. The number of fused-ring (bicyclic) bond motifs is 1. The highest BCUT2D eigenvalue weighted by Crippen LogP contribution is 2.29. The number of nitrogens with one attached hydrogen (secondary N) is 1. The molecule has 1 aliphatic rings. The molecule has 0 bridgehead atoms. The van der Waals surface area contributed by atoms with Crippen molar-refractivity contribution >= 4 is 17.3 Å². The number of amides is 1. The van der Waals surface area contributed by atoms with Crippen molar-refractivity contribution in [2.45, 2.75) is 20.3 Å². The molecule has 2 aromatic rings. The van der Waals surface area contributed by atoms with E-state index in [1.807, 2.05) is 48.2 Å². The first-order chi connectivity index (χ1) is 10.2. The summed E-state index contributed by atoms with van der Waals surface area (Å²) in [5.74, 6) is 0.0890. The molecule has 0 aromatic heterocycles. The third kappa shape index (κ3) is 2.51. The summed E-state index contributed by atoms with van der Waals surface area (Å²) in [4.78, 5) is 14.6. The van der Waals surface area contributed by atoms with Gasteiger partial charge in [-0.25, -0.2) is 0 Å². The van der Waals surface area contributed by atoms with E-state index in [9.17, 15) is 4.79 Å². The molecule has 108 valence electrons. The van der Waals surface area contributed by atoms with Crippen molar-refractivity contribution < 1.29 is 4.79 Å². The molecule has 0 aliphatic carbocycles. The van der Waals surface area contributed by atoms with Gasteiger partial charge >= 0.3 is 0 Å². The van der Waals surface area contributed by atoms with E-state index in [4.69, 9.17) is 0 Å². The number of aryl methyl sites for hydroxylation is 1. The molecule has 3 heteroatoms. The minimum Gasteiger partial charge on any atom is -0.385 e. The van der Waals surface area contributed by atoms with E-state index in [0.29, 0.717) is 0 Å². The number of hydrogen-bond acceptors (Lipinski definition) is 2. The fraction of sp³-hybridized carbons (Fsp3) is 0.278. The van der Waals surface area contributed by atoms with Crippen molar-refractivity contribution in [3.63, 3.8) is 0 Å². The first-order valence-corrected chi connectivity index (χ1v) is 7.45. The highest BCUT2D eigenvalue weighted by molar-refractivity contribution is 6.07. The summed E-state index contributed by atoms with van der Waals surface area (Å²) in [6.45, 7) is 5.76. The van der Waals surface area contributed by atoms with Gasteiger partial charge in [-0.15, -0.1) is 0 Å². The predicted molar refractivity (Wildman–Crippen MR) is 87.2 cm³/mol. The van der Waals surface area contributed by atoms with Crippen LogP contribution >= 0.6 is 0 Å². The lowest BCUT2D eigenvalue weighted by Crippen LogP contribution is -2.28. The normalized spacial score (nSPS) is 13.1. The first kappa shape index (κ1) is 13.7. The van der Waals surface area contributed by atoms with Gasteiger partial charge in [-0.2, -0.15) is 0 Å². The molecular weight excluding hydrogens is 260 g/mol. The number of carbonyl (C=O) groups excluding carboxylic acids is 1. The average Bonchev–Trinajstić information content (AvgIpc) is 2.93. The molecule has 0 spiro atoms. The van der Waals surface area contributed by atoms with Crippen molar-refractivity contribution in [3.8, 4) is 0 Å². The Hall–Kier alpha value is -2.29. The van der Waals surface area contributed by atoms with E-state index >= 15 is 0 Å². The summed E-state index contributed by atoms with van der Waals surface area (Å²) in [5, 5.41) is 3.30. The maximum absolute atomic E-state index is 12.7. The Morgan fingerprint density at radius 1 is 1.24 bits per heavy atom. The van der Waals surface area contributed by atoms with Gasteiger partial charge in [-0.3, -0.25) is 4.79 Å². The summed E-state index contributed by atoms with van der Waals surface area (Å²) < 4.78 is 0. The second-order valence-corrected chi connectivity index (χ2v) is 5.40. The quantitative estimate of drug-likeness (QED) is 0.931. The third-order valence-electron chi connectivity index (χ3n) is 3.97. The van der Waals surface area contributed by atoms with Gasteiger partial charge in [-0.1, -0.05) is 18.2 Å². The molecule has 21 heavy (non-hydrogen) atoms. The lowest BCUT2D eigenvalue weighted by molar-refractivity contribution is 0.0989. The molecule has 1 heterocycles. The number of hydrogen-bond donors (Lipinski definition) is 1. The maximum atomic E-state index is 12.7. The second kappa shape index (κ2) is 5.60. The van der Waals surface area contributed by atoms with Crippen LogP contribution in [0.15, 0.2) is 42.5 Å². The summed E-state index contributed by atoms with van der Waals surface area (Å²) >= 11 is 0. The van der Waals surface area contributed by atoms with Gasteiger partial charge in [0.05, 0.1) is 0 Å². The second-order valence-electron chi connectivity index (χ2n) is 5.40. The average molecular weight is 280 g/mol. The van der Waals surface area contributed by atoms with Crippen LogP contribution in [-0.2, 0) is 6.42 Å². The lowest BCUT2D eigenvalue weighted by Gasteiger charge is -2.18. The molecule has 0 unspecified atom stereocenters. The van der Waals surface area contributed by atoms with Crippen LogP contribution in [-0.4, -0.2) is 19.0 Å². The zero-order chi connectivity index (χ0) is 14.8. The fourth-order valence-corrected chi connectivity index (χ4v) is 2.89. The zero-order valence-corrected chi connectivity index (χ0v) is 12.5. The van der Waals surface area contributed by atoms with Gasteiger partial charge < -0.3 is 10.2 Å². The van der Waals surface area contributed by atoms with Gasteiger partial charge in [0.15, 0.2) is 0 Å². The topological polar surface area (TPSA) is 32.3 Å². The van der Waals surface area contributed by atoms with Crippen molar-refractivity contribution in [3.05, 3.63) is 59.2 Å². The first-order valence-electron chi connectivity index (χ1n) is 7.45. The van der Waals surface area contributed by atoms with E-state index in [1.54, 1.807) is 0 Å². The Labute approximate surface area is 125 Å². The highest BCUT2D eigenvalue weighted by Gasteiger charge is 2.25. The molecule has 0 fully saturated rings. The fourth-order valence-electron chi connectivity index (χ4n) is 2.89. The molecule has 2 aromatic carbocycles. The third-order valence-corrected chi connectivity index (χ3v) is 3.97. The monoisotopic (exact) mass is 280 g/mol. The van der Waals surface area contributed by atoms with Crippen LogP contribution in [0.5, 0.6) is 0 Å². The van der Waals surface area contributed by atoms with Crippen LogP contribution in [0.3, 0.4) is 0 Å². The minimum atomic E-state index is 0.0890.